The molecule has 0 aromatic rings. The number of nitrogens with one attached hydrogen (secondary N) is 1. The maximum Gasteiger partial charge on any atom is 0.0653 e. The van der Waals surface area contributed by atoms with Crippen LogP contribution in [0.5, 0.6) is 0 Å². The molecule has 0 amide bonds. The minimum absolute atomic E-state index is 0.759. The van der Waals surface area contributed by atoms with Crippen LogP contribution in [0.1, 0.15) is 46.0 Å². The van der Waals surface area contributed by atoms with E-state index in [4.69, 9.17) is 4.84 Å². The Hall–Kier alpha value is -0.0800. The minimum Gasteiger partial charge on any atom is -0.302 e. The third kappa shape index (κ3) is 9.92. The Kier molecular flexibility index (Phi) is 9.85. The second-order valence-electron chi connectivity index (χ2n) is 2.74. The monoisotopic (exact) mass is 159 g/mol. The summed E-state index contributed by atoms with van der Waals surface area (Å²) in [5.74, 6) is 0. The number of hydrogen-bond acceptors (Lipinski definition) is 2. The molecule has 2 heteroatoms. The van der Waals surface area contributed by atoms with Crippen molar-refractivity contribution >= 4 is 0 Å². The molecule has 0 heterocycles. The Balaban J connectivity index is 2.69. The van der Waals surface area contributed by atoms with E-state index in [1.807, 2.05) is 6.92 Å². The van der Waals surface area contributed by atoms with Crippen molar-refractivity contribution in [1.29, 1.82) is 0 Å². The van der Waals surface area contributed by atoms with E-state index in [0.717, 1.165) is 13.2 Å². The molecule has 0 saturated carbocycles. The van der Waals surface area contributed by atoms with Crippen LogP contribution in [0.3, 0.4) is 0 Å². The summed E-state index contributed by atoms with van der Waals surface area (Å²) >= 11 is 0. The Bertz CT molecular complexity index is 58.6. The lowest BCUT2D eigenvalue weighted by Gasteiger charge is -2.02. The summed E-state index contributed by atoms with van der Waals surface area (Å²) in [7, 11) is 0. The Morgan fingerprint density at radius 1 is 1.00 bits per heavy atom. The quantitative estimate of drug-likeness (QED) is 0.434. The molecule has 0 aromatic carbocycles. The van der Waals surface area contributed by atoms with E-state index >= 15 is 0 Å². The van der Waals surface area contributed by atoms with Gasteiger partial charge in [-0.25, -0.2) is 5.48 Å². The first-order valence-electron chi connectivity index (χ1n) is 4.76. The van der Waals surface area contributed by atoms with Crippen molar-refractivity contribution in [3.63, 3.8) is 0 Å². The number of hydroxylamine groups is 1. The maximum atomic E-state index is 4.99. The first kappa shape index (κ1) is 10.9. The van der Waals surface area contributed by atoms with Gasteiger partial charge in [-0.2, -0.15) is 0 Å². The minimum atomic E-state index is 0.759. The van der Waals surface area contributed by atoms with Crippen molar-refractivity contribution in [2.45, 2.75) is 46.0 Å². The number of unbranched alkanes of at least 4 members (excludes halogenated alkanes) is 4. The molecule has 2 nitrogen and oxygen atoms in total. The second kappa shape index (κ2) is 9.92. The van der Waals surface area contributed by atoms with Gasteiger partial charge in [0.15, 0.2) is 0 Å². The fourth-order valence-electron chi connectivity index (χ4n) is 0.975. The highest BCUT2D eigenvalue weighted by Crippen LogP contribution is 2.00. The van der Waals surface area contributed by atoms with Gasteiger partial charge < -0.3 is 4.84 Å². The number of rotatable bonds is 8. The van der Waals surface area contributed by atoms with Crippen LogP contribution in [0.4, 0.5) is 0 Å². The van der Waals surface area contributed by atoms with E-state index in [1.54, 1.807) is 0 Å². The highest BCUT2D eigenvalue weighted by molar-refractivity contribution is 4.42. The summed E-state index contributed by atoms with van der Waals surface area (Å²) in [6, 6.07) is 0. The first-order valence-corrected chi connectivity index (χ1v) is 4.76. The molecular formula is C9H21NO. The zero-order valence-electron chi connectivity index (χ0n) is 7.86. The van der Waals surface area contributed by atoms with Crippen LogP contribution in [0.2, 0.25) is 0 Å². The van der Waals surface area contributed by atoms with Gasteiger partial charge in [-0.1, -0.05) is 32.6 Å². The smallest absolute Gasteiger partial charge is 0.0653 e. The second-order valence-corrected chi connectivity index (χ2v) is 2.74. The predicted molar refractivity (Wildman–Crippen MR) is 48.4 cm³/mol. The van der Waals surface area contributed by atoms with Crippen LogP contribution in [-0.4, -0.2) is 13.2 Å². The fraction of sp³-hybridized carbons (Fsp3) is 1.00. The molecule has 1 N–H and O–H groups in total. The van der Waals surface area contributed by atoms with Crippen molar-refractivity contribution in [3.05, 3.63) is 0 Å². The summed E-state index contributed by atoms with van der Waals surface area (Å²) in [5, 5.41) is 0. The molecule has 0 aliphatic heterocycles. The van der Waals surface area contributed by atoms with Gasteiger partial charge in [0.05, 0.1) is 6.61 Å². The van der Waals surface area contributed by atoms with Crippen LogP contribution in [-0.2, 0) is 4.84 Å². The molecule has 0 spiro atoms. The molecule has 68 valence electrons. The zero-order chi connectivity index (χ0) is 8.36. The Morgan fingerprint density at radius 3 is 2.36 bits per heavy atom. The molecule has 0 bridgehead atoms. The summed E-state index contributed by atoms with van der Waals surface area (Å²) in [6.07, 6.45) is 6.62. The van der Waals surface area contributed by atoms with Crippen molar-refractivity contribution in [3.8, 4) is 0 Å². The van der Waals surface area contributed by atoms with Crippen molar-refractivity contribution in [2.75, 3.05) is 13.2 Å². The molecule has 11 heavy (non-hydrogen) atoms. The Labute approximate surface area is 70.3 Å². The van der Waals surface area contributed by atoms with Gasteiger partial charge in [-0.3, -0.25) is 0 Å². The molecule has 0 atom stereocenters. The summed E-state index contributed by atoms with van der Waals surface area (Å²) < 4.78 is 0. The van der Waals surface area contributed by atoms with E-state index in [9.17, 15) is 0 Å². The molecule has 0 rings (SSSR count). The first-order chi connectivity index (χ1) is 5.41. The lowest BCUT2D eigenvalue weighted by atomic mass is 10.2. The van der Waals surface area contributed by atoms with Gasteiger partial charge in [0, 0.05) is 6.54 Å². The van der Waals surface area contributed by atoms with Gasteiger partial charge in [0.25, 0.3) is 0 Å². The highest BCUT2D eigenvalue weighted by atomic mass is 16.6. The summed E-state index contributed by atoms with van der Waals surface area (Å²) in [6.45, 7) is 5.98. The molecule has 0 aliphatic carbocycles. The third-order valence-corrected chi connectivity index (χ3v) is 1.63. The van der Waals surface area contributed by atoms with Gasteiger partial charge in [0.2, 0.25) is 0 Å². The van der Waals surface area contributed by atoms with Gasteiger partial charge in [-0.05, 0) is 13.3 Å². The van der Waals surface area contributed by atoms with Crippen molar-refractivity contribution in [2.24, 2.45) is 0 Å². The Morgan fingerprint density at radius 2 is 1.73 bits per heavy atom. The molecule has 0 fully saturated rings. The largest absolute Gasteiger partial charge is 0.302 e. The summed E-state index contributed by atoms with van der Waals surface area (Å²) in [5.41, 5.74) is 2.91. The normalized spacial score (nSPS) is 10.4. The van der Waals surface area contributed by atoms with Crippen LogP contribution < -0.4 is 5.48 Å². The van der Waals surface area contributed by atoms with E-state index in [0.29, 0.717) is 0 Å². The van der Waals surface area contributed by atoms with E-state index in [-0.39, 0.29) is 0 Å². The van der Waals surface area contributed by atoms with Gasteiger partial charge in [0.1, 0.15) is 0 Å². The van der Waals surface area contributed by atoms with Crippen LogP contribution in [0.25, 0.3) is 0 Å². The lowest BCUT2D eigenvalue weighted by Crippen LogP contribution is -2.15. The maximum absolute atomic E-state index is 4.99. The molecule has 0 radical (unpaired) electrons. The van der Waals surface area contributed by atoms with E-state index in [2.05, 4.69) is 12.4 Å². The van der Waals surface area contributed by atoms with Gasteiger partial charge >= 0.3 is 0 Å². The van der Waals surface area contributed by atoms with Crippen molar-refractivity contribution < 1.29 is 4.84 Å². The summed E-state index contributed by atoms with van der Waals surface area (Å²) in [4.78, 5) is 4.99. The molecule has 0 aromatic heterocycles. The molecule has 0 aliphatic rings. The topological polar surface area (TPSA) is 21.3 Å². The standard InChI is InChI=1S/C9H21NO/c1-3-5-6-7-8-9-10-11-4-2/h10H,3-9H2,1-2H3. The third-order valence-electron chi connectivity index (χ3n) is 1.63. The lowest BCUT2D eigenvalue weighted by molar-refractivity contribution is 0.0500. The predicted octanol–water partition coefficient (Wildman–Crippen LogP) is 2.50. The molecule has 0 saturated heterocycles. The molecule has 0 unspecified atom stereocenters. The van der Waals surface area contributed by atoms with Crippen LogP contribution in [0.15, 0.2) is 0 Å². The zero-order valence-corrected chi connectivity index (χ0v) is 7.86. The average Bonchev–Trinajstić information content (AvgIpc) is 2.03. The highest BCUT2D eigenvalue weighted by Gasteiger charge is 1.87. The van der Waals surface area contributed by atoms with E-state index < -0.39 is 0 Å². The average molecular weight is 159 g/mol. The molecular weight excluding hydrogens is 138 g/mol. The van der Waals surface area contributed by atoms with Crippen LogP contribution in [0, 0.1) is 0 Å². The van der Waals surface area contributed by atoms with E-state index in [1.165, 1.54) is 32.1 Å². The van der Waals surface area contributed by atoms with Crippen LogP contribution >= 0.6 is 0 Å². The van der Waals surface area contributed by atoms with Gasteiger partial charge in [-0.15, -0.1) is 0 Å². The number of hydrogen-bond donors (Lipinski definition) is 1. The fourth-order valence-corrected chi connectivity index (χ4v) is 0.975. The van der Waals surface area contributed by atoms with Crippen molar-refractivity contribution in [1.82, 2.24) is 5.48 Å². The SMILES string of the molecule is CCCCCCCNOCC.